The van der Waals surface area contributed by atoms with Gasteiger partial charge in [-0.05, 0) is 24.6 Å². The Hall–Kier alpha value is -2.91. The lowest BCUT2D eigenvalue weighted by molar-refractivity contribution is -0.134. The average molecular weight is 380 g/mol. The highest BCUT2D eigenvalue weighted by Gasteiger charge is 2.27. The van der Waals surface area contributed by atoms with Crippen molar-refractivity contribution in [2.45, 2.75) is 19.0 Å². The summed E-state index contributed by atoms with van der Waals surface area (Å²) in [5.74, 6) is 0.399. The minimum absolute atomic E-state index is 0.172. The van der Waals surface area contributed by atoms with Gasteiger partial charge in [-0.1, -0.05) is 0 Å². The first kappa shape index (κ1) is 18.9. The maximum Gasteiger partial charge on any atom is 0.389 e. The molecule has 1 amide bonds. The molecule has 2 N–H and O–H groups in total. The van der Waals surface area contributed by atoms with Crippen molar-refractivity contribution in [2.24, 2.45) is 5.73 Å². The summed E-state index contributed by atoms with van der Waals surface area (Å²) in [4.78, 5) is 28.1. The summed E-state index contributed by atoms with van der Waals surface area (Å²) in [5, 5.41) is 0. The largest absolute Gasteiger partial charge is 0.389 e. The minimum Gasteiger partial charge on any atom is -0.365 e. The van der Waals surface area contributed by atoms with E-state index in [9.17, 15) is 18.0 Å². The van der Waals surface area contributed by atoms with Gasteiger partial charge < -0.3 is 15.5 Å². The Balaban J connectivity index is 1.65. The van der Waals surface area contributed by atoms with E-state index >= 15 is 0 Å². The number of nitrogens with zero attached hydrogens (tertiary/aromatic N) is 5. The van der Waals surface area contributed by atoms with E-state index in [1.165, 1.54) is 12.3 Å². The monoisotopic (exact) mass is 380 g/mol. The van der Waals surface area contributed by atoms with E-state index in [-0.39, 0.29) is 6.42 Å². The fraction of sp³-hybridized carbons (Fsp3) is 0.412. The van der Waals surface area contributed by atoms with Crippen molar-refractivity contribution in [1.29, 1.82) is 0 Å². The predicted octanol–water partition coefficient (Wildman–Crippen LogP) is 1.79. The maximum atomic E-state index is 12.4. The number of aryl methyl sites for hydroxylation is 1. The second-order valence-corrected chi connectivity index (χ2v) is 6.18. The van der Waals surface area contributed by atoms with Gasteiger partial charge in [0.05, 0.1) is 5.56 Å². The van der Waals surface area contributed by atoms with Crippen molar-refractivity contribution in [3.05, 3.63) is 41.9 Å². The molecule has 3 rings (SSSR count). The number of pyridine rings is 1. The molecule has 0 bridgehead atoms. The van der Waals surface area contributed by atoms with Gasteiger partial charge in [0, 0.05) is 50.7 Å². The zero-order valence-electron chi connectivity index (χ0n) is 14.5. The smallest absolute Gasteiger partial charge is 0.365 e. The molecule has 0 aliphatic carbocycles. The van der Waals surface area contributed by atoms with Crippen molar-refractivity contribution >= 4 is 17.7 Å². The molecule has 1 aliphatic rings. The van der Waals surface area contributed by atoms with Crippen molar-refractivity contribution < 1.29 is 18.0 Å². The van der Waals surface area contributed by atoms with Gasteiger partial charge in [-0.15, -0.1) is 0 Å². The van der Waals surface area contributed by atoms with Crippen LogP contribution in [0, 0.1) is 0 Å². The van der Waals surface area contributed by atoms with Gasteiger partial charge in [0.2, 0.25) is 5.95 Å². The number of carbonyl (C=O) groups excluding carboxylic acids is 1. The first-order valence-electron chi connectivity index (χ1n) is 8.47. The third kappa shape index (κ3) is 4.83. The van der Waals surface area contributed by atoms with E-state index in [2.05, 4.69) is 15.0 Å². The molecule has 27 heavy (non-hydrogen) atoms. The molecule has 1 aliphatic heterocycles. The molecule has 3 heterocycles. The summed E-state index contributed by atoms with van der Waals surface area (Å²) in [7, 11) is 0. The highest BCUT2D eigenvalue weighted by molar-refractivity contribution is 5.97. The summed E-state index contributed by atoms with van der Waals surface area (Å²) in [6, 6.07) is 4.78. The average Bonchev–Trinajstić information content (AvgIpc) is 2.66. The van der Waals surface area contributed by atoms with Crippen LogP contribution in [-0.4, -0.2) is 53.2 Å². The molecule has 1 fully saturated rings. The lowest BCUT2D eigenvalue weighted by atomic mass is 10.2. The molecule has 2 aromatic rings. The molecule has 0 saturated carbocycles. The number of amides is 1. The third-order valence-corrected chi connectivity index (χ3v) is 4.28. The Morgan fingerprint density at radius 3 is 2.44 bits per heavy atom. The third-order valence-electron chi connectivity index (χ3n) is 4.28. The number of primary amides is 1. The number of piperazine rings is 1. The van der Waals surface area contributed by atoms with Gasteiger partial charge in [-0.3, -0.25) is 4.79 Å². The number of carbonyl (C=O) groups is 1. The van der Waals surface area contributed by atoms with Crippen molar-refractivity contribution in [1.82, 2.24) is 15.0 Å². The van der Waals surface area contributed by atoms with Crippen LogP contribution in [0.1, 0.15) is 22.5 Å². The number of alkyl halides is 3. The van der Waals surface area contributed by atoms with Crippen LogP contribution in [0.25, 0.3) is 0 Å². The highest BCUT2D eigenvalue weighted by Crippen LogP contribution is 2.23. The molecule has 10 heteroatoms. The van der Waals surface area contributed by atoms with Crippen LogP contribution in [0.4, 0.5) is 24.9 Å². The van der Waals surface area contributed by atoms with Crippen molar-refractivity contribution in [3.63, 3.8) is 0 Å². The molecule has 2 aromatic heterocycles. The minimum atomic E-state index is -4.21. The lowest BCUT2D eigenvalue weighted by Gasteiger charge is -2.36. The van der Waals surface area contributed by atoms with E-state index in [4.69, 9.17) is 5.73 Å². The summed E-state index contributed by atoms with van der Waals surface area (Å²) < 4.78 is 37.2. The topological polar surface area (TPSA) is 88.2 Å². The molecule has 0 spiro atoms. The summed E-state index contributed by atoms with van der Waals surface area (Å²) in [6.45, 7) is 2.23. The fourth-order valence-electron chi connectivity index (χ4n) is 2.91. The van der Waals surface area contributed by atoms with Crippen LogP contribution < -0.4 is 15.5 Å². The van der Waals surface area contributed by atoms with Crippen LogP contribution in [0.2, 0.25) is 0 Å². The Morgan fingerprint density at radius 1 is 1.07 bits per heavy atom. The molecule has 7 nitrogen and oxygen atoms in total. The van der Waals surface area contributed by atoms with Gasteiger partial charge in [-0.2, -0.15) is 13.2 Å². The quantitative estimate of drug-likeness (QED) is 0.851. The number of anilines is 2. The summed E-state index contributed by atoms with van der Waals surface area (Å²) >= 11 is 0. The van der Waals surface area contributed by atoms with E-state index in [1.54, 1.807) is 18.3 Å². The van der Waals surface area contributed by atoms with Gasteiger partial charge in [-0.25, -0.2) is 15.0 Å². The molecule has 0 unspecified atom stereocenters. The molecular formula is C17H19F3N6O. The van der Waals surface area contributed by atoms with Crippen molar-refractivity contribution in [3.8, 4) is 0 Å². The van der Waals surface area contributed by atoms with Crippen molar-refractivity contribution in [2.75, 3.05) is 36.0 Å². The molecule has 144 valence electrons. The normalized spacial score (nSPS) is 15.1. The number of halogens is 3. The molecule has 0 aromatic carbocycles. The van der Waals surface area contributed by atoms with Crippen LogP contribution in [-0.2, 0) is 6.42 Å². The zero-order valence-corrected chi connectivity index (χ0v) is 14.5. The van der Waals surface area contributed by atoms with E-state index < -0.39 is 18.5 Å². The van der Waals surface area contributed by atoms with Gasteiger partial charge in [0.1, 0.15) is 5.82 Å². The van der Waals surface area contributed by atoms with Crippen LogP contribution in [0.15, 0.2) is 30.6 Å². The number of hydrogen-bond donors (Lipinski definition) is 1. The fourth-order valence-corrected chi connectivity index (χ4v) is 2.91. The van der Waals surface area contributed by atoms with Crippen LogP contribution >= 0.6 is 0 Å². The Bertz CT molecular complexity index is 805. The van der Waals surface area contributed by atoms with Gasteiger partial charge >= 0.3 is 6.18 Å². The number of hydrogen-bond acceptors (Lipinski definition) is 6. The standard InChI is InChI=1S/C17H19F3N6O/c18-17(19,20)5-3-12-4-7-23-16(24-12)26-10-8-25(9-11-26)15-13(14(21)27)2-1-6-22-15/h1-2,4,6-7H,3,5,8-11H2,(H2,21,27). The lowest BCUT2D eigenvalue weighted by Crippen LogP contribution is -2.48. The van der Waals surface area contributed by atoms with Crippen LogP contribution in [0.5, 0.6) is 0 Å². The Morgan fingerprint density at radius 2 is 1.78 bits per heavy atom. The second kappa shape index (κ2) is 7.77. The second-order valence-electron chi connectivity index (χ2n) is 6.18. The van der Waals surface area contributed by atoms with E-state index in [0.29, 0.717) is 49.2 Å². The SMILES string of the molecule is NC(=O)c1cccnc1N1CCN(c2nccc(CCC(F)(F)F)n2)CC1. The Labute approximate surface area is 154 Å². The first-order valence-corrected chi connectivity index (χ1v) is 8.47. The first-order chi connectivity index (χ1) is 12.8. The highest BCUT2D eigenvalue weighted by atomic mass is 19.4. The van der Waals surface area contributed by atoms with E-state index in [1.807, 2.05) is 9.80 Å². The Kier molecular flexibility index (Phi) is 5.43. The molecule has 0 atom stereocenters. The zero-order chi connectivity index (χ0) is 19.4. The maximum absolute atomic E-state index is 12.4. The van der Waals surface area contributed by atoms with Crippen LogP contribution in [0.3, 0.4) is 0 Å². The predicted molar refractivity (Wildman–Crippen MR) is 93.6 cm³/mol. The van der Waals surface area contributed by atoms with E-state index in [0.717, 1.165) is 0 Å². The molecular weight excluding hydrogens is 361 g/mol. The van der Waals surface area contributed by atoms with Gasteiger partial charge in [0.15, 0.2) is 0 Å². The summed E-state index contributed by atoms with van der Waals surface area (Å²) in [6.07, 6.45) is -2.22. The summed E-state index contributed by atoms with van der Waals surface area (Å²) in [5.41, 5.74) is 6.12. The van der Waals surface area contributed by atoms with Gasteiger partial charge in [0.25, 0.3) is 5.91 Å². The molecule has 0 radical (unpaired) electrons. The number of rotatable bonds is 5. The number of aromatic nitrogens is 3. The molecule has 1 saturated heterocycles. The number of nitrogens with two attached hydrogens (primary N) is 1.